The van der Waals surface area contributed by atoms with Crippen LogP contribution in [-0.2, 0) is 0 Å². The van der Waals surface area contributed by atoms with Crippen molar-refractivity contribution in [1.29, 1.82) is 0 Å². The van der Waals surface area contributed by atoms with Crippen LogP contribution in [0.25, 0.3) is 0 Å². The van der Waals surface area contributed by atoms with Gasteiger partial charge in [-0.2, -0.15) is 0 Å². The fourth-order valence-electron chi connectivity index (χ4n) is 2.47. The van der Waals surface area contributed by atoms with E-state index >= 15 is 0 Å². The SMILES string of the molecule is COc1ccc(C(CC(C)C)NC(=O)c2ccccc2F)cc1. The van der Waals surface area contributed by atoms with E-state index < -0.39 is 11.7 Å². The second-order valence-corrected chi connectivity index (χ2v) is 5.91. The molecule has 2 rings (SSSR count). The molecule has 23 heavy (non-hydrogen) atoms. The van der Waals surface area contributed by atoms with E-state index in [1.165, 1.54) is 12.1 Å². The number of benzene rings is 2. The highest BCUT2D eigenvalue weighted by Gasteiger charge is 2.19. The summed E-state index contributed by atoms with van der Waals surface area (Å²) in [7, 11) is 1.61. The lowest BCUT2D eigenvalue weighted by Crippen LogP contribution is -2.30. The van der Waals surface area contributed by atoms with Crippen molar-refractivity contribution in [3.8, 4) is 5.75 Å². The van der Waals surface area contributed by atoms with Crippen LogP contribution >= 0.6 is 0 Å². The average molecular weight is 315 g/mol. The molecule has 0 bridgehead atoms. The van der Waals surface area contributed by atoms with Crippen molar-refractivity contribution in [3.05, 3.63) is 65.5 Å². The Hall–Kier alpha value is -2.36. The minimum atomic E-state index is -0.511. The van der Waals surface area contributed by atoms with Gasteiger partial charge in [-0.05, 0) is 42.2 Å². The Morgan fingerprint density at radius 2 is 1.78 bits per heavy atom. The molecule has 1 N–H and O–H groups in total. The summed E-state index contributed by atoms with van der Waals surface area (Å²) in [5, 5.41) is 2.94. The molecule has 0 aromatic heterocycles. The Labute approximate surface area is 136 Å². The summed E-state index contributed by atoms with van der Waals surface area (Å²) in [4.78, 5) is 12.4. The molecule has 4 heteroatoms. The summed E-state index contributed by atoms with van der Waals surface area (Å²) >= 11 is 0. The third-order valence-corrected chi connectivity index (χ3v) is 3.65. The zero-order valence-corrected chi connectivity index (χ0v) is 13.7. The Morgan fingerprint density at radius 3 is 2.35 bits per heavy atom. The van der Waals surface area contributed by atoms with Crippen molar-refractivity contribution in [2.75, 3.05) is 7.11 Å². The number of nitrogens with one attached hydrogen (secondary N) is 1. The van der Waals surface area contributed by atoms with E-state index in [2.05, 4.69) is 19.2 Å². The van der Waals surface area contributed by atoms with Crippen LogP contribution in [0.2, 0.25) is 0 Å². The summed E-state index contributed by atoms with van der Waals surface area (Å²) in [6.07, 6.45) is 0.770. The largest absolute Gasteiger partial charge is 0.497 e. The van der Waals surface area contributed by atoms with E-state index in [1.54, 1.807) is 19.2 Å². The molecule has 122 valence electrons. The number of carbonyl (C=O) groups excluding carboxylic acids is 1. The van der Waals surface area contributed by atoms with Gasteiger partial charge in [0.25, 0.3) is 5.91 Å². The topological polar surface area (TPSA) is 38.3 Å². The lowest BCUT2D eigenvalue weighted by molar-refractivity contribution is 0.0928. The third-order valence-electron chi connectivity index (χ3n) is 3.65. The van der Waals surface area contributed by atoms with E-state index in [0.29, 0.717) is 5.92 Å². The number of rotatable bonds is 6. The average Bonchev–Trinajstić information content (AvgIpc) is 2.54. The molecule has 2 aromatic rings. The zero-order valence-electron chi connectivity index (χ0n) is 13.7. The van der Waals surface area contributed by atoms with E-state index in [1.807, 2.05) is 24.3 Å². The smallest absolute Gasteiger partial charge is 0.254 e. The molecular formula is C19H22FNO2. The van der Waals surface area contributed by atoms with Gasteiger partial charge in [-0.3, -0.25) is 4.79 Å². The van der Waals surface area contributed by atoms with Crippen LogP contribution in [0.3, 0.4) is 0 Å². The summed E-state index contributed by atoms with van der Waals surface area (Å²) in [5.74, 6) is 0.244. The van der Waals surface area contributed by atoms with Crippen LogP contribution in [-0.4, -0.2) is 13.0 Å². The van der Waals surface area contributed by atoms with Gasteiger partial charge in [0, 0.05) is 0 Å². The Morgan fingerprint density at radius 1 is 1.13 bits per heavy atom. The Kier molecular flexibility index (Phi) is 5.74. The zero-order chi connectivity index (χ0) is 16.8. The fourth-order valence-corrected chi connectivity index (χ4v) is 2.47. The number of hydrogen-bond donors (Lipinski definition) is 1. The van der Waals surface area contributed by atoms with Crippen molar-refractivity contribution < 1.29 is 13.9 Å². The highest BCUT2D eigenvalue weighted by Crippen LogP contribution is 2.24. The van der Waals surface area contributed by atoms with Crippen molar-refractivity contribution in [2.45, 2.75) is 26.3 Å². The van der Waals surface area contributed by atoms with Crippen LogP contribution in [0.5, 0.6) is 5.75 Å². The van der Waals surface area contributed by atoms with Crippen LogP contribution < -0.4 is 10.1 Å². The predicted octanol–water partition coefficient (Wildman–Crippen LogP) is 4.35. The summed E-state index contributed by atoms with van der Waals surface area (Å²) in [5.41, 5.74) is 1.04. The molecular weight excluding hydrogens is 293 g/mol. The molecule has 1 atom stereocenters. The lowest BCUT2D eigenvalue weighted by atomic mass is 9.96. The standard InChI is InChI=1S/C19H22FNO2/c1-13(2)12-18(14-8-10-15(23-3)11-9-14)21-19(22)16-6-4-5-7-17(16)20/h4-11,13,18H,12H2,1-3H3,(H,21,22). The molecule has 0 spiro atoms. The molecule has 1 unspecified atom stereocenters. The lowest BCUT2D eigenvalue weighted by Gasteiger charge is -2.21. The highest BCUT2D eigenvalue weighted by molar-refractivity contribution is 5.94. The van der Waals surface area contributed by atoms with Gasteiger partial charge in [-0.25, -0.2) is 4.39 Å². The van der Waals surface area contributed by atoms with Gasteiger partial charge < -0.3 is 10.1 Å². The first-order valence-corrected chi connectivity index (χ1v) is 7.70. The molecule has 0 aliphatic heterocycles. The van der Waals surface area contributed by atoms with Crippen LogP contribution in [0, 0.1) is 11.7 Å². The summed E-state index contributed by atoms with van der Waals surface area (Å²) < 4.78 is 18.9. The predicted molar refractivity (Wildman–Crippen MR) is 89.1 cm³/mol. The molecule has 0 radical (unpaired) electrons. The number of methoxy groups -OCH3 is 1. The molecule has 2 aromatic carbocycles. The molecule has 0 saturated heterocycles. The van der Waals surface area contributed by atoms with Gasteiger partial charge in [0.05, 0.1) is 18.7 Å². The first-order valence-electron chi connectivity index (χ1n) is 7.70. The Balaban J connectivity index is 2.21. The van der Waals surface area contributed by atoms with Crippen molar-refractivity contribution in [3.63, 3.8) is 0 Å². The molecule has 3 nitrogen and oxygen atoms in total. The van der Waals surface area contributed by atoms with Gasteiger partial charge >= 0.3 is 0 Å². The van der Waals surface area contributed by atoms with Crippen molar-refractivity contribution in [1.82, 2.24) is 5.32 Å². The number of halogens is 1. The van der Waals surface area contributed by atoms with Crippen molar-refractivity contribution in [2.24, 2.45) is 5.92 Å². The number of amides is 1. The van der Waals surface area contributed by atoms with E-state index in [-0.39, 0.29) is 11.6 Å². The van der Waals surface area contributed by atoms with E-state index in [9.17, 15) is 9.18 Å². The van der Waals surface area contributed by atoms with E-state index in [4.69, 9.17) is 4.74 Å². The molecule has 0 saturated carbocycles. The second-order valence-electron chi connectivity index (χ2n) is 5.91. The van der Waals surface area contributed by atoms with Crippen LogP contribution in [0.4, 0.5) is 4.39 Å². The second kappa shape index (κ2) is 7.77. The van der Waals surface area contributed by atoms with Gasteiger partial charge in [-0.1, -0.05) is 38.1 Å². The minimum absolute atomic E-state index is 0.0646. The quantitative estimate of drug-likeness (QED) is 0.860. The molecule has 0 heterocycles. The summed E-state index contributed by atoms with van der Waals surface area (Å²) in [6.45, 7) is 4.18. The number of ether oxygens (including phenoxy) is 1. The van der Waals surface area contributed by atoms with Gasteiger partial charge in [0.15, 0.2) is 0 Å². The maximum absolute atomic E-state index is 13.8. The first-order chi connectivity index (χ1) is 11.0. The van der Waals surface area contributed by atoms with Gasteiger partial charge in [-0.15, -0.1) is 0 Å². The minimum Gasteiger partial charge on any atom is -0.497 e. The maximum Gasteiger partial charge on any atom is 0.254 e. The fraction of sp³-hybridized carbons (Fsp3) is 0.316. The molecule has 0 fully saturated rings. The third kappa shape index (κ3) is 4.55. The normalized spacial score (nSPS) is 12.0. The van der Waals surface area contributed by atoms with E-state index in [0.717, 1.165) is 17.7 Å². The van der Waals surface area contributed by atoms with Crippen LogP contribution in [0.15, 0.2) is 48.5 Å². The molecule has 1 amide bonds. The molecule has 0 aliphatic rings. The van der Waals surface area contributed by atoms with Gasteiger partial charge in [0.1, 0.15) is 11.6 Å². The number of carbonyl (C=O) groups is 1. The highest BCUT2D eigenvalue weighted by atomic mass is 19.1. The molecule has 0 aliphatic carbocycles. The van der Waals surface area contributed by atoms with Crippen molar-refractivity contribution >= 4 is 5.91 Å². The maximum atomic E-state index is 13.8. The van der Waals surface area contributed by atoms with Crippen LogP contribution in [0.1, 0.15) is 42.2 Å². The monoisotopic (exact) mass is 315 g/mol. The Bertz CT molecular complexity index is 653. The first kappa shape index (κ1) is 17.0. The summed E-state index contributed by atoms with van der Waals surface area (Å²) in [6, 6.07) is 13.4. The van der Waals surface area contributed by atoms with Gasteiger partial charge in [0.2, 0.25) is 0 Å². The number of hydrogen-bond acceptors (Lipinski definition) is 2.